The van der Waals surface area contributed by atoms with Gasteiger partial charge in [0.25, 0.3) is 0 Å². The molecule has 6 nitrogen and oxygen atoms in total. The molecular formula is C23H27N3O3S. The van der Waals surface area contributed by atoms with E-state index in [2.05, 4.69) is 10.3 Å². The Balaban J connectivity index is 1.53. The second kappa shape index (κ2) is 8.62. The number of nitrogens with one attached hydrogen (secondary N) is 2. The van der Waals surface area contributed by atoms with Crippen LogP contribution in [0.2, 0.25) is 0 Å². The number of hydrogen-bond donors (Lipinski definition) is 2. The first kappa shape index (κ1) is 20.6. The van der Waals surface area contributed by atoms with Crippen LogP contribution >= 0.6 is 0 Å². The maximum absolute atomic E-state index is 13.2. The van der Waals surface area contributed by atoms with Crippen LogP contribution in [0.5, 0.6) is 0 Å². The van der Waals surface area contributed by atoms with E-state index in [0.29, 0.717) is 24.3 Å². The first-order valence-corrected chi connectivity index (χ1v) is 11.8. The number of aromatic nitrogens is 1. The van der Waals surface area contributed by atoms with Crippen LogP contribution in [0.1, 0.15) is 36.8 Å². The van der Waals surface area contributed by atoms with Crippen molar-refractivity contribution in [2.75, 3.05) is 18.4 Å². The van der Waals surface area contributed by atoms with Crippen LogP contribution in [-0.2, 0) is 21.2 Å². The van der Waals surface area contributed by atoms with Gasteiger partial charge in [0.05, 0.1) is 11.3 Å². The van der Waals surface area contributed by atoms with E-state index in [1.807, 2.05) is 30.5 Å². The van der Waals surface area contributed by atoms with Crippen molar-refractivity contribution < 1.29 is 13.2 Å². The van der Waals surface area contributed by atoms with E-state index in [1.54, 1.807) is 29.4 Å². The Kier molecular flexibility index (Phi) is 5.92. The average molecular weight is 426 g/mol. The lowest BCUT2D eigenvalue weighted by atomic mass is 10.1. The molecule has 0 aliphatic carbocycles. The standard InChI is InChI=1S/C23H27N3O3S/c1-17-10-11-19(15-22(17)30(28,29)26-12-6-2-3-7-13-26)25-23(27)14-18-16-24-21-9-5-4-8-20(18)21/h4-5,8-11,15-16,24H,2-3,6-7,12-14H2,1H3,(H,25,27). The van der Waals surface area contributed by atoms with E-state index < -0.39 is 10.0 Å². The number of fused-ring (bicyclic) bond motifs is 1. The van der Waals surface area contributed by atoms with E-state index in [1.165, 1.54) is 0 Å². The summed E-state index contributed by atoms with van der Waals surface area (Å²) in [6.45, 7) is 2.90. The molecule has 0 spiro atoms. The van der Waals surface area contributed by atoms with Gasteiger partial charge in [-0.2, -0.15) is 4.31 Å². The molecule has 2 heterocycles. The SMILES string of the molecule is Cc1ccc(NC(=O)Cc2c[nH]c3ccccc23)cc1S(=O)(=O)N1CCCCCC1. The first-order valence-electron chi connectivity index (χ1n) is 10.4. The summed E-state index contributed by atoms with van der Waals surface area (Å²) in [6, 6.07) is 12.9. The highest BCUT2D eigenvalue weighted by atomic mass is 32.2. The molecule has 0 radical (unpaired) electrons. The Morgan fingerprint density at radius 1 is 1.07 bits per heavy atom. The van der Waals surface area contributed by atoms with Gasteiger partial charge in [-0.05, 0) is 49.1 Å². The summed E-state index contributed by atoms with van der Waals surface area (Å²) in [5.41, 5.74) is 3.09. The number of carbonyl (C=O) groups excluding carboxylic acids is 1. The summed E-state index contributed by atoms with van der Waals surface area (Å²) >= 11 is 0. The number of hydrogen-bond acceptors (Lipinski definition) is 3. The molecule has 1 aliphatic rings. The summed E-state index contributed by atoms with van der Waals surface area (Å²) in [7, 11) is -3.58. The van der Waals surface area contributed by atoms with E-state index >= 15 is 0 Å². The van der Waals surface area contributed by atoms with Gasteiger partial charge in [0.1, 0.15) is 0 Å². The van der Waals surface area contributed by atoms with Gasteiger partial charge in [-0.1, -0.05) is 37.1 Å². The van der Waals surface area contributed by atoms with Crippen LogP contribution in [0, 0.1) is 6.92 Å². The Bertz CT molecular complexity index is 1160. The molecule has 1 amide bonds. The third-order valence-electron chi connectivity index (χ3n) is 5.68. The van der Waals surface area contributed by atoms with Crippen LogP contribution in [0.25, 0.3) is 10.9 Å². The number of para-hydroxylation sites is 1. The molecule has 3 aromatic rings. The number of H-pyrrole nitrogens is 1. The smallest absolute Gasteiger partial charge is 0.243 e. The number of sulfonamides is 1. The van der Waals surface area contributed by atoms with Crippen molar-refractivity contribution in [3.63, 3.8) is 0 Å². The molecule has 2 N–H and O–H groups in total. The minimum Gasteiger partial charge on any atom is -0.361 e. The monoisotopic (exact) mass is 425 g/mol. The molecule has 1 fully saturated rings. The number of benzene rings is 2. The van der Waals surface area contributed by atoms with Crippen molar-refractivity contribution in [2.45, 2.75) is 43.9 Å². The van der Waals surface area contributed by atoms with E-state index in [-0.39, 0.29) is 17.2 Å². The number of nitrogens with zero attached hydrogens (tertiary/aromatic N) is 1. The number of rotatable bonds is 5. The molecular weight excluding hydrogens is 398 g/mol. The van der Waals surface area contributed by atoms with E-state index in [9.17, 15) is 13.2 Å². The second-order valence-electron chi connectivity index (χ2n) is 7.88. The van der Waals surface area contributed by atoms with Crippen LogP contribution in [-0.4, -0.2) is 36.7 Å². The van der Waals surface area contributed by atoms with Gasteiger partial charge in [-0.15, -0.1) is 0 Å². The van der Waals surface area contributed by atoms with E-state index in [0.717, 1.165) is 42.1 Å². The molecule has 1 saturated heterocycles. The van der Waals surface area contributed by atoms with Crippen LogP contribution in [0.3, 0.4) is 0 Å². The molecule has 0 unspecified atom stereocenters. The predicted octanol–water partition coefficient (Wildman–Crippen LogP) is 4.22. The minimum atomic E-state index is -3.58. The summed E-state index contributed by atoms with van der Waals surface area (Å²) < 4.78 is 28.0. The summed E-state index contributed by atoms with van der Waals surface area (Å²) in [6.07, 6.45) is 5.96. The largest absolute Gasteiger partial charge is 0.361 e. The average Bonchev–Trinajstić information content (AvgIpc) is 2.93. The lowest BCUT2D eigenvalue weighted by Gasteiger charge is -2.21. The molecule has 4 rings (SSSR count). The van der Waals surface area contributed by atoms with Crippen LogP contribution in [0.15, 0.2) is 53.6 Å². The molecule has 0 atom stereocenters. The third kappa shape index (κ3) is 4.27. The number of anilines is 1. The molecule has 30 heavy (non-hydrogen) atoms. The Hall–Kier alpha value is -2.64. The van der Waals surface area contributed by atoms with Crippen molar-refractivity contribution >= 4 is 32.5 Å². The topological polar surface area (TPSA) is 82.3 Å². The van der Waals surface area contributed by atoms with Gasteiger partial charge in [-0.3, -0.25) is 4.79 Å². The highest BCUT2D eigenvalue weighted by Gasteiger charge is 2.27. The van der Waals surface area contributed by atoms with Crippen LogP contribution < -0.4 is 5.32 Å². The normalized spacial score (nSPS) is 15.8. The molecule has 2 aromatic carbocycles. The molecule has 0 bridgehead atoms. The van der Waals surface area contributed by atoms with Crippen LogP contribution in [0.4, 0.5) is 5.69 Å². The highest BCUT2D eigenvalue weighted by Crippen LogP contribution is 2.26. The number of aryl methyl sites for hydroxylation is 1. The number of aromatic amines is 1. The summed E-state index contributed by atoms with van der Waals surface area (Å²) in [5, 5.41) is 3.88. The molecule has 7 heteroatoms. The van der Waals surface area contributed by atoms with Gasteiger partial charge in [0.2, 0.25) is 15.9 Å². The minimum absolute atomic E-state index is 0.179. The fraction of sp³-hybridized carbons (Fsp3) is 0.348. The fourth-order valence-corrected chi connectivity index (χ4v) is 5.80. The predicted molar refractivity (Wildman–Crippen MR) is 119 cm³/mol. The molecule has 0 saturated carbocycles. The van der Waals surface area contributed by atoms with Gasteiger partial charge in [0.15, 0.2) is 0 Å². The van der Waals surface area contributed by atoms with Gasteiger partial charge in [0, 0.05) is 35.9 Å². The Morgan fingerprint density at radius 3 is 2.57 bits per heavy atom. The first-order chi connectivity index (χ1) is 14.4. The molecule has 1 aliphatic heterocycles. The zero-order valence-electron chi connectivity index (χ0n) is 17.1. The maximum atomic E-state index is 13.2. The third-order valence-corrected chi connectivity index (χ3v) is 7.72. The van der Waals surface area contributed by atoms with E-state index in [4.69, 9.17) is 0 Å². The lowest BCUT2D eigenvalue weighted by molar-refractivity contribution is -0.115. The molecule has 158 valence electrons. The van der Waals surface area contributed by atoms with Gasteiger partial charge >= 0.3 is 0 Å². The quantitative estimate of drug-likeness (QED) is 0.642. The number of carbonyl (C=O) groups is 1. The second-order valence-corrected chi connectivity index (χ2v) is 9.79. The summed E-state index contributed by atoms with van der Waals surface area (Å²) in [5.74, 6) is -0.179. The lowest BCUT2D eigenvalue weighted by Crippen LogP contribution is -2.32. The van der Waals surface area contributed by atoms with Crippen molar-refractivity contribution in [1.29, 1.82) is 0 Å². The van der Waals surface area contributed by atoms with Crippen molar-refractivity contribution in [1.82, 2.24) is 9.29 Å². The molecule has 1 aromatic heterocycles. The van der Waals surface area contributed by atoms with Gasteiger partial charge in [-0.25, -0.2) is 8.42 Å². The number of amides is 1. The zero-order chi connectivity index (χ0) is 21.1. The highest BCUT2D eigenvalue weighted by molar-refractivity contribution is 7.89. The Morgan fingerprint density at radius 2 is 1.80 bits per heavy atom. The summed E-state index contributed by atoms with van der Waals surface area (Å²) in [4.78, 5) is 16.1. The van der Waals surface area contributed by atoms with Gasteiger partial charge < -0.3 is 10.3 Å². The van der Waals surface area contributed by atoms with Crippen molar-refractivity contribution in [2.24, 2.45) is 0 Å². The van der Waals surface area contributed by atoms with Crippen molar-refractivity contribution in [3.05, 3.63) is 59.8 Å². The maximum Gasteiger partial charge on any atom is 0.243 e. The fourth-order valence-electron chi connectivity index (χ4n) is 4.03. The van der Waals surface area contributed by atoms with Crippen molar-refractivity contribution in [3.8, 4) is 0 Å². The zero-order valence-corrected chi connectivity index (χ0v) is 18.0. The Labute approximate surface area is 177 Å².